The van der Waals surface area contributed by atoms with Gasteiger partial charge in [0.15, 0.2) is 0 Å². The number of primary amides is 1. The second-order valence-corrected chi connectivity index (χ2v) is 14.6. The molecule has 3 heterocycles. The molecule has 10 heteroatoms. The molecular weight excluding hydrogens is 696 g/mol. The molecule has 2 N–H and O–H groups in total. The Labute approximate surface area is 276 Å². The van der Waals surface area contributed by atoms with Crippen molar-refractivity contribution in [3.05, 3.63) is 60.7 Å². The van der Waals surface area contributed by atoms with Gasteiger partial charge >= 0.3 is 0 Å². The van der Waals surface area contributed by atoms with E-state index in [1.807, 2.05) is 17.2 Å². The number of nitrogens with two attached hydrogens (primary N) is 1. The van der Waals surface area contributed by atoms with E-state index < -0.39 is 0 Å². The molecule has 1 aromatic heterocycles. The summed E-state index contributed by atoms with van der Waals surface area (Å²) in [5.41, 5.74) is 10.2. The molecule has 2 aromatic rings. The van der Waals surface area contributed by atoms with E-state index in [9.17, 15) is 14.4 Å². The second kappa shape index (κ2) is 14.9. The van der Waals surface area contributed by atoms with Crippen molar-refractivity contribution in [3.8, 4) is 0 Å². The number of carbonyl (C=O) groups is 3. The molecule has 1 aliphatic carbocycles. The van der Waals surface area contributed by atoms with Gasteiger partial charge in [0.2, 0.25) is 17.7 Å². The Balaban J connectivity index is 1.14. The standard InChI is InChI=1S/C33H41Br2ClN4O3/c34-25-17-24-7-6-23-18-26(36)19-27(35)31(23)32(33(24)38-20-25)22-10-14-40(15-11-22)30(43)16-21-8-12-39(13-9-21)29(42)5-3-1-2-4-28(37)41/h17-22,32H,1-16H2,(H2,37,41). The van der Waals surface area contributed by atoms with Crippen LogP contribution in [0.15, 0.2) is 33.3 Å². The van der Waals surface area contributed by atoms with Crippen molar-refractivity contribution >= 4 is 61.2 Å². The van der Waals surface area contributed by atoms with Crippen LogP contribution in [0.1, 0.15) is 92.5 Å². The number of benzene rings is 1. The Morgan fingerprint density at radius 1 is 0.860 bits per heavy atom. The molecule has 2 aliphatic heterocycles. The number of halogens is 3. The molecule has 1 unspecified atom stereocenters. The summed E-state index contributed by atoms with van der Waals surface area (Å²) in [4.78, 5) is 45.8. The number of pyridine rings is 1. The van der Waals surface area contributed by atoms with Gasteiger partial charge in [-0.2, -0.15) is 0 Å². The van der Waals surface area contributed by atoms with Crippen molar-refractivity contribution in [1.29, 1.82) is 0 Å². The van der Waals surface area contributed by atoms with Gasteiger partial charge in [-0.05, 0) is 114 Å². The lowest BCUT2D eigenvalue weighted by atomic mass is 9.76. The number of amides is 3. The maximum Gasteiger partial charge on any atom is 0.222 e. The molecule has 1 aromatic carbocycles. The highest BCUT2D eigenvalue weighted by atomic mass is 79.9. The van der Waals surface area contributed by atoms with E-state index in [-0.39, 0.29) is 23.6 Å². The number of hydrogen-bond acceptors (Lipinski definition) is 4. The Morgan fingerprint density at radius 3 is 2.23 bits per heavy atom. The summed E-state index contributed by atoms with van der Waals surface area (Å²) in [7, 11) is 0. The zero-order chi connectivity index (χ0) is 30.5. The van der Waals surface area contributed by atoms with Gasteiger partial charge in [0.05, 0.1) is 5.69 Å². The molecule has 2 fully saturated rings. The maximum absolute atomic E-state index is 13.4. The predicted octanol–water partition coefficient (Wildman–Crippen LogP) is 6.79. The van der Waals surface area contributed by atoms with E-state index in [0.717, 1.165) is 104 Å². The van der Waals surface area contributed by atoms with Crippen molar-refractivity contribution in [2.75, 3.05) is 26.2 Å². The average molecular weight is 737 g/mol. The second-order valence-electron chi connectivity index (χ2n) is 12.4. The Hall–Kier alpha value is -1.97. The molecule has 0 bridgehead atoms. The number of fused-ring (bicyclic) bond motifs is 2. The van der Waals surface area contributed by atoms with E-state index in [4.69, 9.17) is 22.3 Å². The number of nitrogens with zero attached hydrogens (tertiary/aromatic N) is 3. The highest BCUT2D eigenvalue weighted by Gasteiger charge is 2.37. The normalized spacial score (nSPS) is 19.5. The van der Waals surface area contributed by atoms with Crippen molar-refractivity contribution < 1.29 is 14.4 Å². The number of likely N-dealkylation sites (tertiary alicyclic amines) is 2. The number of carbonyl (C=O) groups excluding carboxylic acids is 3. The molecule has 2 saturated heterocycles. The topological polar surface area (TPSA) is 96.6 Å². The minimum absolute atomic E-state index is 0.162. The van der Waals surface area contributed by atoms with Crippen LogP contribution in [0.4, 0.5) is 0 Å². The van der Waals surface area contributed by atoms with Crippen molar-refractivity contribution in [2.45, 2.75) is 83.0 Å². The number of hydrogen-bond donors (Lipinski definition) is 1. The van der Waals surface area contributed by atoms with Gasteiger partial charge in [-0.25, -0.2) is 0 Å². The molecule has 7 nitrogen and oxygen atoms in total. The zero-order valence-electron chi connectivity index (χ0n) is 24.6. The first-order valence-corrected chi connectivity index (χ1v) is 17.6. The minimum atomic E-state index is -0.284. The highest BCUT2D eigenvalue weighted by Crippen LogP contribution is 2.46. The molecule has 1 atom stereocenters. The summed E-state index contributed by atoms with van der Waals surface area (Å²) in [5.74, 6) is 1.02. The number of piperidine rings is 2. The van der Waals surface area contributed by atoms with Crippen LogP contribution in [0, 0.1) is 11.8 Å². The van der Waals surface area contributed by atoms with E-state index in [2.05, 4.69) is 48.9 Å². The molecule has 5 rings (SSSR count). The molecular formula is C33H41Br2ClN4O3. The molecule has 0 radical (unpaired) electrons. The van der Waals surface area contributed by atoms with Crippen LogP contribution in [0.5, 0.6) is 0 Å². The van der Waals surface area contributed by atoms with E-state index in [1.165, 1.54) is 16.7 Å². The molecule has 232 valence electrons. The van der Waals surface area contributed by atoms with Gasteiger partial charge in [-0.15, -0.1) is 0 Å². The third-order valence-electron chi connectivity index (χ3n) is 9.53. The number of aryl methyl sites for hydroxylation is 2. The van der Waals surface area contributed by atoms with Gasteiger partial charge in [0, 0.05) is 71.5 Å². The molecule has 0 spiro atoms. The fraction of sp³-hybridized carbons (Fsp3) is 0.576. The maximum atomic E-state index is 13.4. The first-order chi connectivity index (χ1) is 20.7. The SMILES string of the molecule is NC(=O)CCCCCC(=O)N1CCC(CC(=O)N2CCC(C3c4ncc(Br)cc4CCc4cc(Cl)cc(Br)c43)CC2)CC1. The third kappa shape index (κ3) is 8.20. The number of rotatable bonds is 9. The molecule has 0 saturated carbocycles. The monoisotopic (exact) mass is 734 g/mol. The smallest absolute Gasteiger partial charge is 0.222 e. The lowest BCUT2D eigenvalue weighted by Crippen LogP contribution is -2.43. The molecule has 3 aliphatic rings. The predicted molar refractivity (Wildman–Crippen MR) is 176 cm³/mol. The lowest BCUT2D eigenvalue weighted by Gasteiger charge is -2.38. The van der Waals surface area contributed by atoms with Crippen LogP contribution in [-0.4, -0.2) is 58.7 Å². The Morgan fingerprint density at radius 2 is 1.51 bits per heavy atom. The van der Waals surface area contributed by atoms with E-state index >= 15 is 0 Å². The van der Waals surface area contributed by atoms with Crippen LogP contribution < -0.4 is 5.73 Å². The van der Waals surface area contributed by atoms with E-state index in [0.29, 0.717) is 31.1 Å². The Bertz CT molecular complexity index is 1340. The van der Waals surface area contributed by atoms with Crippen molar-refractivity contribution in [3.63, 3.8) is 0 Å². The Kier molecular flexibility index (Phi) is 11.2. The lowest BCUT2D eigenvalue weighted by molar-refractivity contribution is -0.135. The van der Waals surface area contributed by atoms with Crippen LogP contribution >= 0.6 is 43.5 Å². The van der Waals surface area contributed by atoms with Crippen LogP contribution in [0.25, 0.3) is 0 Å². The summed E-state index contributed by atoms with van der Waals surface area (Å²) >= 11 is 13.9. The van der Waals surface area contributed by atoms with Crippen molar-refractivity contribution in [2.24, 2.45) is 17.6 Å². The summed E-state index contributed by atoms with van der Waals surface area (Å²) in [6, 6.07) is 6.32. The molecule has 43 heavy (non-hydrogen) atoms. The van der Waals surface area contributed by atoms with Gasteiger partial charge in [-0.3, -0.25) is 19.4 Å². The minimum Gasteiger partial charge on any atom is -0.370 e. The average Bonchev–Trinajstić information content (AvgIpc) is 3.14. The highest BCUT2D eigenvalue weighted by molar-refractivity contribution is 9.10. The third-order valence-corrected chi connectivity index (χ3v) is 10.8. The van der Waals surface area contributed by atoms with Crippen molar-refractivity contribution in [1.82, 2.24) is 14.8 Å². The zero-order valence-corrected chi connectivity index (χ0v) is 28.6. The summed E-state index contributed by atoms with van der Waals surface area (Å²) < 4.78 is 2.05. The molecule has 3 amide bonds. The van der Waals surface area contributed by atoms with Crippen LogP contribution in [0.2, 0.25) is 5.02 Å². The van der Waals surface area contributed by atoms with Gasteiger partial charge in [0.1, 0.15) is 0 Å². The number of aromatic nitrogens is 1. The largest absolute Gasteiger partial charge is 0.370 e. The van der Waals surface area contributed by atoms with Gasteiger partial charge in [-0.1, -0.05) is 34.0 Å². The summed E-state index contributed by atoms with van der Waals surface area (Å²) in [6.45, 7) is 2.98. The quantitative estimate of drug-likeness (QED) is 0.287. The van der Waals surface area contributed by atoms with Crippen LogP contribution in [-0.2, 0) is 27.2 Å². The number of unbranched alkanes of at least 4 members (excludes halogenated alkanes) is 2. The van der Waals surface area contributed by atoms with Crippen LogP contribution in [0.3, 0.4) is 0 Å². The summed E-state index contributed by atoms with van der Waals surface area (Å²) in [6.07, 6.45) is 11.2. The first kappa shape index (κ1) is 32.4. The van der Waals surface area contributed by atoms with E-state index in [1.54, 1.807) is 0 Å². The van der Waals surface area contributed by atoms with Gasteiger partial charge < -0.3 is 15.5 Å². The fourth-order valence-electron chi connectivity index (χ4n) is 7.19. The first-order valence-electron chi connectivity index (χ1n) is 15.7. The van der Waals surface area contributed by atoms with Gasteiger partial charge in [0.25, 0.3) is 0 Å². The summed E-state index contributed by atoms with van der Waals surface area (Å²) in [5, 5.41) is 0.747. The fourth-order valence-corrected chi connectivity index (χ4v) is 8.68.